The molecule has 0 fully saturated rings. The molecular formula is C6H12N7+. The summed E-state index contributed by atoms with van der Waals surface area (Å²) >= 11 is 0. The summed E-state index contributed by atoms with van der Waals surface area (Å²) in [6, 6.07) is 0. The lowest BCUT2D eigenvalue weighted by Gasteiger charge is -2.28. The molecule has 0 radical (unpaired) electrons. The Morgan fingerprint density at radius 3 is 2.85 bits per heavy atom. The van der Waals surface area contributed by atoms with Crippen LogP contribution in [0.5, 0.6) is 0 Å². The van der Waals surface area contributed by atoms with E-state index in [-0.39, 0.29) is 4.59 Å². The van der Waals surface area contributed by atoms with E-state index in [9.17, 15) is 0 Å². The fraction of sp³-hybridized carbons (Fsp3) is 0.167. The van der Waals surface area contributed by atoms with Gasteiger partial charge in [-0.2, -0.15) is 10.4 Å². The third-order valence-electron chi connectivity index (χ3n) is 2.08. The number of aliphatic imine (C=N–C) groups is 1. The van der Waals surface area contributed by atoms with E-state index in [0.717, 1.165) is 0 Å². The first-order chi connectivity index (χ1) is 6.03. The first-order valence-electron chi connectivity index (χ1n) is 3.75. The summed E-state index contributed by atoms with van der Waals surface area (Å²) in [6.45, 7) is 0.389. The van der Waals surface area contributed by atoms with E-state index in [2.05, 4.69) is 4.99 Å². The summed E-state index contributed by atoms with van der Waals surface area (Å²) in [5.74, 6) is 13.1. The summed E-state index contributed by atoms with van der Waals surface area (Å²) in [6.07, 6.45) is 3.16. The van der Waals surface area contributed by atoms with Crippen molar-refractivity contribution in [3.8, 4) is 0 Å². The molecule has 13 heavy (non-hydrogen) atoms. The average molecular weight is 182 g/mol. The van der Waals surface area contributed by atoms with Crippen molar-refractivity contribution in [3.63, 3.8) is 0 Å². The number of rotatable bonds is 0. The second-order valence-corrected chi connectivity index (χ2v) is 3.12. The lowest BCUT2D eigenvalue weighted by molar-refractivity contribution is -0.847. The van der Waals surface area contributed by atoms with Crippen LogP contribution < -0.4 is 23.2 Å². The molecular weight excluding hydrogens is 170 g/mol. The number of hydrazine groups is 1. The van der Waals surface area contributed by atoms with Gasteiger partial charge in [-0.25, -0.2) is 15.8 Å². The standard InChI is InChI=1S/C6H12N7/c7-4-2-13(10)3-5(8)12(9)6(13)1-11-4/h1,3H,2,8-10H2,(H2,7,11)/q+1. The molecule has 0 aromatic carbocycles. The molecule has 1 atom stereocenters. The minimum absolute atomic E-state index is 0.00231. The molecule has 7 nitrogen and oxygen atoms in total. The maximum Gasteiger partial charge on any atom is 0.267 e. The maximum absolute atomic E-state index is 5.97. The molecule has 0 bridgehead atoms. The van der Waals surface area contributed by atoms with E-state index < -0.39 is 0 Å². The first-order valence-corrected chi connectivity index (χ1v) is 3.75. The Morgan fingerprint density at radius 1 is 1.46 bits per heavy atom. The zero-order valence-electron chi connectivity index (χ0n) is 7.01. The van der Waals surface area contributed by atoms with Crippen LogP contribution in [0.2, 0.25) is 0 Å². The van der Waals surface area contributed by atoms with Gasteiger partial charge in [0, 0.05) is 0 Å². The van der Waals surface area contributed by atoms with Gasteiger partial charge in [-0.3, -0.25) is 0 Å². The Hall–Kier alpha value is -1.57. The third-order valence-corrected chi connectivity index (χ3v) is 2.08. The van der Waals surface area contributed by atoms with Gasteiger partial charge < -0.3 is 11.5 Å². The lowest BCUT2D eigenvalue weighted by Crippen LogP contribution is -2.55. The van der Waals surface area contributed by atoms with E-state index in [0.29, 0.717) is 24.0 Å². The van der Waals surface area contributed by atoms with Crippen molar-refractivity contribution in [2.75, 3.05) is 6.54 Å². The Bertz CT molecular complexity index is 341. The molecule has 2 heterocycles. The van der Waals surface area contributed by atoms with Crippen LogP contribution in [0.3, 0.4) is 0 Å². The normalized spacial score (nSPS) is 32.2. The Morgan fingerprint density at radius 2 is 2.15 bits per heavy atom. The number of fused-ring (bicyclic) bond motifs is 1. The highest BCUT2D eigenvalue weighted by atomic mass is 15.7. The molecule has 0 amide bonds. The number of quaternary nitrogens is 1. The summed E-state index contributed by atoms with van der Waals surface area (Å²) in [4.78, 5) is 3.93. The minimum Gasteiger partial charge on any atom is -0.382 e. The monoisotopic (exact) mass is 182 g/mol. The van der Waals surface area contributed by atoms with Crippen molar-refractivity contribution in [2.45, 2.75) is 0 Å². The van der Waals surface area contributed by atoms with Crippen molar-refractivity contribution in [1.29, 1.82) is 0 Å². The molecule has 8 N–H and O–H groups in total. The Balaban J connectivity index is 2.46. The molecule has 0 saturated heterocycles. The van der Waals surface area contributed by atoms with E-state index in [1.54, 1.807) is 6.20 Å². The second kappa shape index (κ2) is 2.22. The van der Waals surface area contributed by atoms with E-state index >= 15 is 0 Å². The summed E-state index contributed by atoms with van der Waals surface area (Å²) in [7, 11) is 0. The van der Waals surface area contributed by atoms with Gasteiger partial charge in [-0.15, -0.1) is 0 Å². The highest BCUT2D eigenvalue weighted by molar-refractivity contribution is 5.82. The van der Waals surface area contributed by atoms with Gasteiger partial charge in [0.1, 0.15) is 6.20 Å². The SMILES string of the molecule is NC1=C[N+]2(N)CC(N)=NC=C2N1N. The van der Waals surface area contributed by atoms with Crippen LogP contribution in [-0.2, 0) is 0 Å². The van der Waals surface area contributed by atoms with Gasteiger partial charge in [-0.1, -0.05) is 0 Å². The van der Waals surface area contributed by atoms with Crippen LogP contribution in [0.15, 0.2) is 29.0 Å². The van der Waals surface area contributed by atoms with Crippen molar-refractivity contribution >= 4 is 5.84 Å². The summed E-state index contributed by atoms with van der Waals surface area (Å²) < 4.78 is -0.00231. The molecule has 2 aliphatic heterocycles. The van der Waals surface area contributed by atoms with Crippen molar-refractivity contribution in [3.05, 3.63) is 24.0 Å². The zero-order chi connectivity index (χ0) is 9.64. The molecule has 0 aromatic heterocycles. The van der Waals surface area contributed by atoms with Gasteiger partial charge in [0.25, 0.3) is 5.82 Å². The average Bonchev–Trinajstić information content (AvgIpc) is 2.22. The number of hydrogen-bond donors (Lipinski definition) is 4. The molecule has 0 spiro atoms. The number of hydrogen-bond acceptors (Lipinski definition) is 6. The Labute approximate surface area is 75.1 Å². The van der Waals surface area contributed by atoms with Crippen LogP contribution in [-0.4, -0.2) is 22.0 Å². The van der Waals surface area contributed by atoms with Crippen molar-refractivity contribution in [1.82, 2.24) is 5.01 Å². The fourth-order valence-electron chi connectivity index (χ4n) is 1.44. The Kier molecular flexibility index (Phi) is 1.38. The van der Waals surface area contributed by atoms with Gasteiger partial charge >= 0.3 is 0 Å². The number of amidine groups is 1. The van der Waals surface area contributed by atoms with Crippen molar-refractivity contribution in [2.24, 2.45) is 28.1 Å². The molecule has 0 aliphatic carbocycles. The van der Waals surface area contributed by atoms with Crippen LogP contribution >= 0.6 is 0 Å². The quantitative estimate of drug-likeness (QED) is 0.250. The van der Waals surface area contributed by atoms with Gasteiger partial charge in [-0.05, 0) is 0 Å². The van der Waals surface area contributed by atoms with Crippen LogP contribution in [0, 0.1) is 0 Å². The van der Waals surface area contributed by atoms with Crippen LogP contribution in [0.4, 0.5) is 0 Å². The van der Waals surface area contributed by atoms with E-state index in [1.807, 2.05) is 0 Å². The van der Waals surface area contributed by atoms with Crippen LogP contribution in [0.25, 0.3) is 0 Å². The first kappa shape index (κ1) is 8.05. The molecule has 7 heteroatoms. The number of nitrogens with zero attached hydrogens (tertiary/aromatic N) is 3. The van der Waals surface area contributed by atoms with Crippen LogP contribution in [0.1, 0.15) is 0 Å². The summed E-state index contributed by atoms with van der Waals surface area (Å²) in [5.41, 5.74) is 11.1. The smallest absolute Gasteiger partial charge is 0.267 e. The predicted molar refractivity (Wildman–Crippen MR) is 47.3 cm³/mol. The summed E-state index contributed by atoms with van der Waals surface area (Å²) in [5, 5.41) is 1.30. The minimum atomic E-state index is -0.00231. The van der Waals surface area contributed by atoms with Crippen molar-refractivity contribution < 1.29 is 4.59 Å². The van der Waals surface area contributed by atoms with E-state index in [4.69, 9.17) is 23.2 Å². The highest BCUT2D eigenvalue weighted by Crippen LogP contribution is 2.26. The molecule has 2 rings (SSSR count). The second-order valence-electron chi connectivity index (χ2n) is 3.12. The highest BCUT2D eigenvalue weighted by Gasteiger charge is 2.42. The van der Waals surface area contributed by atoms with Gasteiger partial charge in [0.15, 0.2) is 24.4 Å². The topological polar surface area (TPSA) is 120 Å². The van der Waals surface area contributed by atoms with Gasteiger partial charge in [0.2, 0.25) is 0 Å². The molecule has 2 aliphatic rings. The third kappa shape index (κ3) is 0.985. The molecule has 0 saturated carbocycles. The van der Waals surface area contributed by atoms with E-state index in [1.165, 1.54) is 11.2 Å². The molecule has 70 valence electrons. The largest absolute Gasteiger partial charge is 0.382 e. The van der Waals surface area contributed by atoms with Gasteiger partial charge in [0.05, 0.1) is 0 Å². The fourth-order valence-corrected chi connectivity index (χ4v) is 1.44. The predicted octanol–water partition coefficient (Wildman–Crippen LogP) is -2.21. The lowest BCUT2D eigenvalue weighted by atomic mass is 10.4. The molecule has 0 aromatic rings. The zero-order valence-corrected chi connectivity index (χ0v) is 7.01. The maximum atomic E-state index is 5.97. The number of nitrogens with two attached hydrogens (primary N) is 4. The molecule has 1 unspecified atom stereocenters.